The van der Waals surface area contributed by atoms with Gasteiger partial charge in [-0.1, -0.05) is 71.5 Å². The second-order valence-corrected chi connectivity index (χ2v) is 10.0. The summed E-state index contributed by atoms with van der Waals surface area (Å²) in [4.78, 5) is 11.1. The predicted octanol–water partition coefficient (Wildman–Crippen LogP) is 4.97. The van der Waals surface area contributed by atoms with E-state index >= 15 is 0 Å². The van der Waals surface area contributed by atoms with Crippen LogP contribution in [0.4, 0.5) is 0 Å². The van der Waals surface area contributed by atoms with E-state index in [0.717, 1.165) is 43.2 Å². The number of benzene rings is 2. The lowest BCUT2D eigenvalue weighted by Crippen LogP contribution is -2.47. The average Bonchev–Trinajstić information content (AvgIpc) is 3.61. The second kappa shape index (κ2) is 9.30. The highest BCUT2D eigenvalue weighted by Crippen LogP contribution is 2.41. The first-order valence-electron chi connectivity index (χ1n) is 11.8. The lowest BCUT2D eigenvalue weighted by molar-refractivity contribution is 0.105. The molecular weight excluding hydrogens is 458 g/mol. The van der Waals surface area contributed by atoms with E-state index in [2.05, 4.69) is 81.4 Å². The number of aromatic hydroxyl groups is 1. The molecule has 6 rings (SSSR count). The number of hydrogen-bond donors (Lipinski definition) is 1. The van der Waals surface area contributed by atoms with Gasteiger partial charge < -0.3 is 9.52 Å². The molecule has 8 heteroatoms. The Morgan fingerprint density at radius 2 is 1.74 bits per heavy atom. The first-order valence-corrected chi connectivity index (χ1v) is 12.7. The van der Waals surface area contributed by atoms with Gasteiger partial charge >= 0.3 is 0 Å². The summed E-state index contributed by atoms with van der Waals surface area (Å²) in [6, 6.07) is 22.8. The molecule has 178 valence electrons. The Labute approximate surface area is 207 Å². The van der Waals surface area contributed by atoms with Crippen molar-refractivity contribution in [1.82, 2.24) is 24.4 Å². The van der Waals surface area contributed by atoms with Crippen LogP contribution in [-0.2, 0) is 6.54 Å². The van der Waals surface area contributed by atoms with Gasteiger partial charge in [0.2, 0.25) is 16.7 Å². The van der Waals surface area contributed by atoms with Crippen molar-refractivity contribution in [1.29, 1.82) is 0 Å². The number of hydrogen-bond acceptors (Lipinski definition) is 7. The molecule has 0 aliphatic carbocycles. The molecule has 5 aromatic rings. The van der Waals surface area contributed by atoms with Gasteiger partial charge in [-0.3, -0.25) is 9.80 Å². The zero-order valence-electron chi connectivity index (χ0n) is 19.5. The van der Waals surface area contributed by atoms with Crippen LogP contribution in [0.3, 0.4) is 0 Å². The molecule has 0 saturated carbocycles. The Hall–Kier alpha value is -3.46. The summed E-state index contributed by atoms with van der Waals surface area (Å²) in [6.07, 6.45) is 1.60. The van der Waals surface area contributed by atoms with E-state index in [1.54, 1.807) is 12.3 Å². The van der Waals surface area contributed by atoms with Gasteiger partial charge in [0, 0.05) is 32.7 Å². The van der Waals surface area contributed by atoms with Gasteiger partial charge in [0.25, 0.3) is 0 Å². The summed E-state index contributed by atoms with van der Waals surface area (Å²) in [5, 5.41) is 15.8. The van der Waals surface area contributed by atoms with Crippen molar-refractivity contribution < 1.29 is 9.52 Å². The van der Waals surface area contributed by atoms with Crippen LogP contribution in [0.2, 0.25) is 0 Å². The van der Waals surface area contributed by atoms with E-state index in [9.17, 15) is 5.11 Å². The molecule has 1 aliphatic rings. The summed E-state index contributed by atoms with van der Waals surface area (Å²) >= 11 is 1.49. The molecule has 1 N–H and O–H groups in total. The third-order valence-electron chi connectivity index (χ3n) is 6.60. The van der Waals surface area contributed by atoms with Crippen molar-refractivity contribution in [2.24, 2.45) is 0 Å². The zero-order chi connectivity index (χ0) is 23.8. The fraction of sp³-hybridized carbons (Fsp3) is 0.259. The van der Waals surface area contributed by atoms with Gasteiger partial charge in [-0.15, -0.1) is 5.10 Å². The largest absolute Gasteiger partial charge is 0.492 e. The van der Waals surface area contributed by atoms with Crippen LogP contribution in [0.1, 0.15) is 27.6 Å². The number of piperazine rings is 1. The first-order chi connectivity index (χ1) is 17.2. The van der Waals surface area contributed by atoms with E-state index in [-0.39, 0.29) is 11.9 Å². The van der Waals surface area contributed by atoms with Crippen LogP contribution in [0.15, 0.2) is 77.4 Å². The van der Waals surface area contributed by atoms with Crippen molar-refractivity contribution in [3.8, 4) is 17.5 Å². The van der Waals surface area contributed by atoms with Crippen molar-refractivity contribution in [3.63, 3.8) is 0 Å². The molecule has 0 spiro atoms. The smallest absolute Gasteiger partial charge is 0.230 e. The van der Waals surface area contributed by atoms with Crippen LogP contribution in [-0.4, -0.2) is 55.7 Å². The Balaban J connectivity index is 1.29. The van der Waals surface area contributed by atoms with E-state index in [0.29, 0.717) is 16.5 Å². The maximum Gasteiger partial charge on any atom is 0.230 e. The highest BCUT2D eigenvalue weighted by molar-refractivity contribution is 7.17. The number of fused-ring (bicyclic) bond motifs is 1. The summed E-state index contributed by atoms with van der Waals surface area (Å²) in [5.41, 5.74) is 3.72. The average molecular weight is 486 g/mol. The first kappa shape index (κ1) is 22.0. The predicted molar refractivity (Wildman–Crippen MR) is 137 cm³/mol. The Bertz CT molecular complexity index is 1400. The molecular formula is C27H27N5O2S. The van der Waals surface area contributed by atoms with Crippen LogP contribution in [0, 0.1) is 6.92 Å². The van der Waals surface area contributed by atoms with Crippen LogP contribution >= 0.6 is 11.3 Å². The second-order valence-electron chi connectivity index (χ2n) is 9.01. The molecule has 0 amide bonds. The lowest BCUT2D eigenvalue weighted by atomic mass is 10.0. The van der Waals surface area contributed by atoms with Gasteiger partial charge in [0.15, 0.2) is 5.76 Å². The topological polar surface area (TPSA) is 70.0 Å². The SMILES string of the molecule is Cc1ccc([C@@H](c2sc3nc(-c4ccco4)nn3c2O)N2CCN(Cc3ccccc3)CC2)cc1. The van der Waals surface area contributed by atoms with E-state index < -0.39 is 0 Å². The van der Waals surface area contributed by atoms with Crippen molar-refractivity contribution in [2.75, 3.05) is 26.2 Å². The third kappa shape index (κ3) is 4.36. The van der Waals surface area contributed by atoms with E-state index in [1.165, 1.54) is 27.0 Å². The number of aryl methyl sites for hydroxylation is 1. The van der Waals surface area contributed by atoms with Gasteiger partial charge in [-0.25, -0.2) is 0 Å². The molecule has 1 atom stereocenters. The van der Waals surface area contributed by atoms with Crippen molar-refractivity contribution in [3.05, 3.63) is 94.6 Å². The van der Waals surface area contributed by atoms with Gasteiger partial charge in [0.1, 0.15) is 0 Å². The summed E-state index contributed by atoms with van der Waals surface area (Å²) in [5.74, 6) is 1.21. The summed E-state index contributed by atoms with van der Waals surface area (Å²) < 4.78 is 6.97. The quantitative estimate of drug-likeness (QED) is 0.366. The highest BCUT2D eigenvalue weighted by atomic mass is 32.1. The monoisotopic (exact) mass is 485 g/mol. The zero-order valence-corrected chi connectivity index (χ0v) is 20.4. The Morgan fingerprint density at radius 3 is 2.43 bits per heavy atom. The molecule has 2 aromatic carbocycles. The molecule has 7 nitrogen and oxygen atoms in total. The van der Waals surface area contributed by atoms with Crippen molar-refractivity contribution in [2.45, 2.75) is 19.5 Å². The Morgan fingerprint density at radius 1 is 0.971 bits per heavy atom. The minimum Gasteiger partial charge on any atom is -0.492 e. The van der Waals surface area contributed by atoms with Gasteiger partial charge in [-0.2, -0.15) is 9.50 Å². The van der Waals surface area contributed by atoms with Crippen molar-refractivity contribution >= 4 is 16.3 Å². The summed E-state index contributed by atoms with van der Waals surface area (Å²) in [7, 11) is 0. The molecule has 35 heavy (non-hydrogen) atoms. The van der Waals surface area contributed by atoms with Crippen LogP contribution in [0.5, 0.6) is 5.88 Å². The minimum absolute atomic E-state index is 0.0601. The molecule has 3 aromatic heterocycles. The van der Waals surface area contributed by atoms with Crippen LogP contribution in [0.25, 0.3) is 16.5 Å². The lowest BCUT2D eigenvalue weighted by Gasteiger charge is -2.39. The molecule has 0 bridgehead atoms. The number of aromatic nitrogens is 3. The van der Waals surface area contributed by atoms with Gasteiger partial charge in [0.05, 0.1) is 17.2 Å². The highest BCUT2D eigenvalue weighted by Gasteiger charge is 2.32. The molecule has 4 heterocycles. The number of rotatable bonds is 6. The summed E-state index contributed by atoms with van der Waals surface area (Å²) in [6.45, 7) is 6.83. The Kier molecular flexibility index (Phi) is 5.85. The molecule has 0 unspecified atom stereocenters. The fourth-order valence-electron chi connectivity index (χ4n) is 4.74. The van der Waals surface area contributed by atoms with Crippen LogP contribution < -0.4 is 0 Å². The maximum atomic E-state index is 11.3. The normalized spacial score (nSPS) is 16.1. The molecule has 1 saturated heterocycles. The van der Waals surface area contributed by atoms with Gasteiger partial charge in [-0.05, 0) is 30.2 Å². The standard InChI is InChI=1S/C27H27N5O2S/c1-19-9-11-21(12-10-19)23(31-15-13-30(14-16-31)18-20-6-3-2-4-7-20)24-26(33)32-27(35-24)28-25(29-32)22-8-5-17-34-22/h2-12,17,23,33H,13-16,18H2,1H3/t23-/m0/s1. The van der Waals surface area contributed by atoms with E-state index in [1.807, 2.05) is 6.07 Å². The number of thiazole rings is 1. The number of nitrogens with zero attached hydrogens (tertiary/aromatic N) is 5. The minimum atomic E-state index is -0.0601. The fourth-order valence-corrected chi connectivity index (χ4v) is 5.85. The maximum absolute atomic E-state index is 11.3. The molecule has 1 aliphatic heterocycles. The van der Waals surface area contributed by atoms with E-state index in [4.69, 9.17) is 4.42 Å². The number of furan rings is 1. The molecule has 1 fully saturated rings. The molecule has 0 radical (unpaired) electrons. The third-order valence-corrected chi connectivity index (χ3v) is 7.68.